The third-order valence-electron chi connectivity index (χ3n) is 4.49. The summed E-state index contributed by atoms with van der Waals surface area (Å²) in [5.41, 5.74) is 1.88. The van der Waals surface area contributed by atoms with Crippen molar-refractivity contribution in [2.24, 2.45) is 0 Å². The number of aryl methyl sites for hydroxylation is 1. The van der Waals surface area contributed by atoms with Crippen LogP contribution in [-0.4, -0.2) is 52.3 Å². The van der Waals surface area contributed by atoms with Gasteiger partial charge in [0.25, 0.3) is 5.91 Å². The molecule has 120 valence electrons. The number of nitrogens with zero attached hydrogens (tertiary/aromatic N) is 2. The second kappa shape index (κ2) is 5.18. The topological polar surface area (TPSA) is 75.8 Å². The standard InChI is InChI=1S/C17H18N2O4/c1-11-3-2-4-12(5-11)15-14(18-10-22-15)16(21)19-8-17(9-19)6-13(20)7-23-17/h2-5,10,13,20H,6-9H2,1H3. The average molecular weight is 314 g/mol. The second-order valence-corrected chi connectivity index (χ2v) is 6.41. The van der Waals surface area contributed by atoms with E-state index in [1.807, 2.05) is 31.2 Å². The molecule has 0 saturated carbocycles. The first-order valence-corrected chi connectivity index (χ1v) is 7.68. The molecule has 3 heterocycles. The van der Waals surface area contributed by atoms with E-state index in [0.717, 1.165) is 11.1 Å². The molecule has 4 rings (SSSR count). The van der Waals surface area contributed by atoms with Crippen molar-refractivity contribution in [3.05, 3.63) is 41.9 Å². The molecule has 1 N–H and O–H groups in total. The monoisotopic (exact) mass is 314 g/mol. The van der Waals surface area contributed by atoms with E-state index in [0.29, 0.717) is 37.6 Å². The van der Waals surface area contributed by atoms with Crippen molar-refractivity contribution in [3.8, 4) is 11.3 Å². The number of carbonyl (C=O) groups is 1. The SMILES string of the molecule is Cc1cccc(-c2ocnc2C(=O)N2CC3(CC(O)CO3)C2)c1. The molecular weight excluding hydrogens is 296 g/mol. The molecule has 1 unspecified atom stereocenters. The highest BCUT2D eigenvalue weighted by Gasteiger charge is 2.51. The van der Waals surface area contributed by atoms with Crippen LogP contribution in [0.1, 0.15) is 22.5 Å². The van der Waals surface area contributed by atoms with Crippen LogP contribution in [0.2, 0.25) is 0 Å². The molecule has 1 spiro atoms. The summed E-state index contributed by atoms with van der Waals surface area (Å²) >= 11 is 0. The van der Waals surface area contributed by atoms with E-state index < -0.39 is 6.10 Å². The number of hydrogen-bond donors (Lipinski definition) is 1. The maximum Gasteiger partial charge on any atom is 0.276 e. The van der Waals surface area contributed by atoms with Gasteiger partial charge in [0.2, 0.25) is 0 Å². The van der Waals surface area contributed by atoms with Gasteiger partial charge in [-0.05, 0) is 13.0 Å². The lowest BCUT2D eigenvalue weighted by atomic mass is 9.89. The van der Waals surface area contributed by atoms with Gasteiger partial charge >= 0.3 is 0 Å². The Morgan fingerprint density at radius 1 is 1.43 bits per heavy atom. The van der Waals surface area contributed by atoms with Crippen molar-refractivity contribution >= 4 is 5.91 Å². The molecule has 1 aromatic carbocycles. The fourth-order valence-electron chi connectivity index (χ4n) is 3.37. The molecule has 0 radical (unpaired) electrons. The Balaban J connectivity index is 1.54. The van der Waals surface area contributed by atoms with E-state index >= 15 is 0 Å². The van der Waals surface area contributed by atoms with E-state index in [1.165, 1.54) is 6.39 Å². The van der Waals surface area contributed by atoms with Crippen LogP contribution >= 0.6 is 0 Å². The Hall–Kier alpha value is -2.18. The molecule has 0 bridgehead atoms. The number of aliphatic hydroxyl groups excluding tert-OH is 1. The number of likely N-dealkylation sites (tertiary alicyclic amines) is 1. The number of benzene rings is 1. The van der Waals surface area contributed by atoms with E-state index in [2.05, 4.69) is 4.98 Å². The predicted molar refractivity (Wildman–Crippen MR) is 81.9 cm³/mol. The summed E-state index contributed by atoms with van der Waals surface area (Å²) in [6.45, 7) is 3.32. The first kappa shape index (κ1) is 14.4. The van der Waals surface area contributed by atoms with Crippen LogP contribution < -0.4 is 0 Å². The van der Waals surface area contributed by atoms with Crippen LogP contribution in [0.3, 0.4) is 0 Å². The average Bonchev–Trinajstić information content (AvgIpc) is 3.11. The Kier molecular flexibility index (Phi) is 3.25. The lowest BCUT2D eigenvalue weighted by Crippen LogP contribution is -2.63. The normalized spacial score (nSPS) is 22.3. The van der Waals surface area contributed by atoms with E-state index in [-0.39, 0.29) is 11.5 Å². The second-order valence-electron chi connectivity index (χ2n) is 6.41. The van der Waals surface area contributed by atoms with E-state index in [1.54, 1.807) is 4.90 Å². The lowest BCUT2D eigenvalue weighted by Gasteiger charge is -2.46. The van der Waals surface area contributed by atoms with Gasteiger partial charge in [-0.3, -0.25) is 4.79 Å². The first-order valence-electron chi connectivity index (χ1n) is 7.68. The molecule has 2 fully saturated rings. The number of ether oxygens (including phenoxy) is 1. The highest BCUT2D eigenvalue weighted by atomic mass is 16.5. The largest absolute Gasteiger partial charge is 0.443 e. The highest BCUT2D eigenvalue weighted by Crippen LogP contribution is 2.36. The van der Waals surface area contributed by atoms with Gasteiger partial charge in [0, 0.05) is 12.0 Å². The van der Waals surface area contributed by atoms with Crippen molar-refractivity contribution in [2.45, 2.75) is 25.0 Å². The van der Waals surface area contributed by atoms with Crippen LogP contribution in [0.4, 0.5) is 0 Å². The molecule has 1 atom stereocenters. The molecule has 6 heteroatoms. The van der Waals surface area contributed by atoms with Crippen LogP contribution in [0, 0.1) is 6.92 Å². The van der Waals surface area contributed by atoms with Gasteiger partial charge in [-0.1, -0.05) is 23.8 Å². The molecule has 2 aliphatic heterocycles. The van der Waals surface area contributed by atoms with E-state index in [4.69, 9.17) is 9.15 Å². The smallest absolute Gasteiger partial charge is 0.276 e. The lowest BCUT2D eigenvalue weighted by molar-refractivity contribution is -0.0952. The fraction of sp³-hybridized carbons (Fsp3) is 0.412. The maximum absolute atomic E-state index is 12.7. The van der Waals surface area contributed by atoms with Gasteiger partial charge in [0.1, 0.15) is 5.60 Å². The van der Waals surface area contributed by atoms with Crippen molar-refractivity contribution in [2.75, 3.05) is 19.7 Å². The number of aliphatic hydroxyl groups is 1. The zero-order chi connectivity index (χ0) is 16.0. The summed E-state index contributed by atoms with van der Waals surface area (Å²) in [6.07, 6.45) is 1.46. The third kappa shape index (κ3) is 2.44. The van der Waals surface area contributed by atoms with Gasteiger partial charge in [0.15, 0.2) is 17.8 Å². The van der Waals surface area contributed by atoms with Crippen molar-refractivity contribution in [3.63, 3.8) is 0 Å². The maximum atomic E-state index is 12.7. The molecular formula is C17H18N2O4. The Labute approximate surface area is 133 Å². The Bertz CT molecular complexity index is 749. The number of carbonyl (C=O) groups excluding carboxylic acids is 1. The molecule has 23 heavy (non-hydrogen) atoms. The zero-order valence-electron chi connectivity index (χ0n) is 12.9. The minimum absolute atomic E-state index is 0.161. The van der Waals surface area contributed by atoms with Crippen LogP contribution in [0.25, 0.3) is 11.3 Å². The number of hydrogen-bond acceptors (Lipinski definition) is 5. The van der Waals surface area contributed by atoms with Crippen molar-refractivity contribution in [1.29, 1.82) is 0 Å². The van der Waals surface area contributed by atoms with Crippen LogP contribution in [-0.2, 0) is 4.74 Å². The van der Waals surface area contributed by atoms with Gasteiger partial charge in [-0.25, -0.2) is 4.98 Å². The highest BCUT2D eigenvalue weighted by molar-refractivity contribution is 5.98. The molecule has 2 aromatic rings. The van der Waals surface area contributed by atoms with Gasteiger partial charge in [-0.2, -0.15) is 0 Å². The summed E-state index contributed by atoms with van der Waals surface area (Å²) in [7, 11) is 0. The quantitative estimate of drug-likeness (QED) is 0.912. The zero-order valence-corrected chi connectivity index (χ0v) is 12.9. The molecule has 1 aromatic heterocycles. The minimum Gasteiger partial charge on any atom is -0.443 e. The number of oxazole rings is 1. The number of amides is 1. The van der Waals surface area contributed by atoms with Crippen LogP contribution in [0.15, 0.2) is 35.1 Å². The Morgan fingerprint density at radius 3 is 2.96 bits per heavy atom. The van der Waals surface area contributed by atoms with Gasteiger partial charge in [-0.15, -0.1) is 0 Å². The summed E-state index contributed by atoms with van der Waals surface area (Å²) in [4.78, 5) is 18.5. The number of aromatic nitrogens is 1. The molecule has 0 aliphatic carbocycles. The Morgan fingerprint density at radius 2 is 2.26 bits per heavy atom. The molecule has 6 nitrogen and oxygen atoms in total. The summed E-state index contributed by atoms with van der Waals surface area (Å²) < 4.78 is 11.1. The summed E-state index contributed by atoms with van der Waals surface area (Å²) in [6, 6.07) is 7.78. The predicted octanol–water partition coefficient (Wildman–Crippen LogP) is 1.63. The van der Waals surface area contributed by atoms with Crippen molar-refractivity contribution in [1.82, 2.24) is 9.88 Å². The summed E-state index contributed by atoms with van der Waals surface area (Å²) in [5, 5.41) is 9.60. The third-order valence-corrected chi connectivity index (χ3v) is 4.49. The number of rotatable bonds is 2. The van der Waals surface area contributed by atoms with E-state index in [9.17, 15) is 9.90 Å². The van der Waals surface area contributed by atoms with Gasteiger partial charge < -0.3 is 19.2 Å². The van der Waals surface area contributed by atoms with Crippen molar-refractivity contribution < 1.29 is 19.1 Å². The fourth-order valence-corrected chi connectivity index (χ4v) is 3.37. The van der Waals surface area contributed by atoms with Crippen LogP contribution in [0.5, 0.6) is 0 Å². The minimum atomic E-state index is -0.429. The molecule has 2 aliphatic rings. The molecule has 2 saturated heterocycles. The molecule has 1 amide bonds. The van der Waals surface area contributed by atoms with Gasteiger partial charge in [0.05, 0.1) is 25.8 Å². The first-order chi connectivity index (χ1) is 11.1. The summed E-state index contributed by atoms with van der Waals surface area (Å²) in [5.74, 6) is 0.331.